The van der Waals surface area contributed by atoms with E-state index in [2.05, 4.69) is 4.72 Å². The molecule has 0 saturated heterocycles. The van der Waals surface area contributed by atoms with Crippen LogP contribution in [-0.4, -0.2) is 35.7 Å². The van der Waals surface area contributed by atoms with Gasteiger partial charge in [0.25, 0.3) is 0 Å². The lowest BCUT2D eigenvalue weighted by atomic mass is 10.1. The van der Waals surface area contributed by atoms with Crippen molar-refractivity contribution in [1.82, 2.24) is 4.72 Å². The van der Waals surface area contributed by atoms with Crippen molar-refractivity contribution < 1.29 is 13.2 Å². The molecule has 5 nitrogen and oxygen atoms in total. The van der Waals surface area contributed by atoms with Crippen molar-refractivity contribution in [3.05, 3.63) is 66.7 Å². The quantitative estimate of drug-likeness (QED) is 0.649. The molecule has 1 N–H and O–H groups in total. The minimum absolute atomic E-state index is 0.195. The van der Waals surface area contributed by atoms with Crippen LogP contribution in [0.5, 0.6) is 5.75 Å². The summed E-state index contributed by atoms with van der Waals surface area (Å²) in [5.74, 6) is 0.715. The molecule has 0 spiro atoms. The molecule has 0 aromatic heterocycles. The van der Waals surface area contributed by atoms with Crippen LogP contribution in [0.15, 0.2) is 71.6 Å². The van der Waals surface area contributed by atoms with E-state index in [4.69, 9.17) is 4.74 Å². The van der Waals surface area contributed by atoms with Crippen molar-refractivity contribution in [3.63, 3.8) is 0 Å². The molecule has 26 heavy (non-hydrogen) atoms. The molecular formula is C20H22N2O3S. The summed E-state index contributed by atoms with van der Waals surface area (Å²) in [6.07, 6.45) is 0. The number of fused-ring (bicyclic) bond motifs is 1. The number of hydrogen-bond donors (Lipinski definition) is 1. The lowest BCUT2D eigenvalue weighted by Crippen LogP contribution is -2.28. The van der Waals surface area contributed by atoms with Crippen LogP contribution in [0.4, 0.5) is 5.69 Å². The van der Waals surface area contributed by atoms with Gasteiger partial charge in [-0.2, -0.15) is 0 Å². The predicted octanol–water partition coefficient (Wildman–Crippen LogP) is 3.26. The summed E-state index contributed by atoms with van der Waals surface area (Å²) in [7, 11) is 0.247. The number of para-hydroxylation sites is 1. The summed E-state index contributed by atoms with van der Waals surface area (Å²) in [5.41, 5.74) is 0.979. The van der Waals surface area contributed by atoms with Crippen LogP contribution in [-0.2, 0) is 10.0 Å². The van der Waals surface area contributed by atoms with Gasteiger partial charge in [0.1, 0.15) is 12.4 Å². The van der Waals surface area contributed by atoms with Gasteiger partial charge in [0.2, 0.25) is 10.0 Å². The molecule has 0 heterocycles. The minimum atomic E-state index is -3.63. The van der Waals surface area contributed by atoms with Crippen molar-refractivity contribution in [1.29, 1.82) is 0 Å². The number of sulfonamides is 1. The van der Waals surface area contributed by atoms with E-state index in [-0.39, 0.29) is 18.0 Å². The molecule has 0 amide bonds. The van der Waals surface area contributed by atoms with Crippen LogP contribution in [0, 0.1) is 0 Å². The average molecular weight is 370 g/mol. The van der Waals surface area contributed by atoms with Gasteiger partial charge in [-0.25, -0.2) is 13.1 Å². The topological polar surface area (TPSA) is 58.6 Å². The molecular weight excluding hydrogens is 348 g/mol. The molecule has 0 aliphatic heterocycles. The van der Waals surface area contributed by atoms with E-state index < -0.39 is 10.0 Å². The highest BCUT2D eigenvalue weighted by molar-refractivity contribution is 7.89. The lowest BCUT2D eigenvalue weighted by molar-refractivity contribution is 0.323. The minimum Gasteiger partial charge on any atom is -0.492 e. The van der Waals surface area contributed by atoms with Crippen molar-refractivity contribution in [2.24, 2.45) is 0 Å². The molecule has 3 aromatic carbocycles. The Morgan fingerprint density at radius 3 is 2.31 bits per heavy atom. The highest BCUT2D eigenvalue weighted by Crippen LogP contribution is 2.29. The molecule has 0 fully saturated rings. The Hall–Kier alpha value is -2.57. The maximum atomic E-state index is 12.8. The van der Waals surface area contributed by atoms with E-state index in [1.54, 1.807) is 12.1 Å². The van der Waals surface area contributed by atoms with Gasteiger partial charge in [-0.1, -0.05) is 42.5 Å². The number of benzene rings is 3. The van der Waals surface area contributed by atoms with Crippen LogP contribution in [0.2, 0.25) is 0 Å². The van der Waals surface area contributed by atoms with Gasteiger partial charge in [-0.05, 0) is 24.3 Å². The van der Waals surface area contributed by atoms with Crippen LogP contribution in [0.25, 0.3) is 10.8 Å². The molecule has 0 aliphatic carbocycles. The number of anilines is 1. The van der Waals surface area contributed by atoms with Crippen LogP contribution < -0.4 is 14.4 Å². The average Bonchev–Trinajstić information content (AvgIpc) is 2.65. The number of nitrogens with one attached hydrogen (secondary N) is 1. The summed E-state index contributed by atoms with van der Waals surface area (Å²) in [6, 6.07) is 20.3. The SMILES string of the molecule is CN(C)c1cccc2c(S(=O)(=O)NCCOc3ccccc3)cccc12. The number of rotatable bonds is 7. The van der Waals surface area contributed by atoms with Gasteiger partial charge < -0.3 is 9.64 Å². The maximum Gasteiger partial charge on any atom is 0.241 e. The van der Waals surface area contributed by atoms with Gasteiger partial charge in [-0.15, -0.1) is 0 Å². The van der Waals surface area contributed by atoms with Crippen molar-refractivity contribution in [2.45, 2.75) is 4.90 Å². The summed E-state index contributed by atoms with van der Waals surface area (Å²) < 4.78 is 33.7. The van der Waals surface area contributed by atoms with Crippen LogP contribution in [0.1, 0.15) is 0 Å². The van der Waals surface area contributed by atoms with E-state index in [9.17, 15) is 8.42 Å². The van der Waals surface area contributed by atoms with Crippen LogP contribution >= 0.6 is 0 Å². The normalized spacial score (nSPS) is 11.5. The highest BCUT2D eigenvalue weighted by Gasteiger charge is 2.18. The van der Waals surface area contributed by atoms with Gasteiger partial charge in [-0.3, -0.25) is 0 Å². The lowest BCUT2D eigenvalue weighted by Gasteiger charge is -2.17. The van der Waals surface area contributed by atoms with Gasteiger partial charge in [0.15, 0.2) is 0 Å². The smallest absolute Gasteiger partial charge is 0.241 e. The Bertz CT molecular complexity index is 986. The zero-order chi connectivity index (χ0) is 18.6. The molecule has 3 aromatic rings. The second-order valence-corrected chi connectivity index (χ2v) is 7.82. The Kier molecular flexibility index (Phi) is 5.44. The zero-order valence-corrected chi connectivity index (χ0v) is 15.7. The largest absolute Gasteiger partial charge is 0.492 e. The number of ether oxygens (including phenoxy) is 1. The Morgan fingerprint density at radius 2 is 1.58 bits per heavy atom. The first-order valence-corrected chi connectivity index (χ1v) is 9.84. The highest BCUT2D eigenvalue weighted by atomic mass is 32.2. The molecule has 0 unspecified atom stereocenters. The first-order valence-electron chi connectivity index (χ1n) is 8.35. The molecule has 0 aliphatic rings. The van der Waals surface area contributed by atoms with Crippen LogP contribution in [0.3, 0.4) is 0 Å². The molecule has 0 saturated carbocycles. The van der Waals surface area contributed by atoms with E-state index in [1.807, 2.05) is 73.6 Å². The summed E-state index contributed by atoms with van der Waals surface area (Å²) in [6.45, 7) is 0.456. The molecule has 3 rings (SSSR count). The van der Waals surface area contributed by atoms with E-state index in [1.165, 1.54) is 0 Å². The van der Waals surface area contributed by atoms with E-state index >= 15 is 0 Å². The maximum absolute atomic E-state index is 12.8. The molecule has 0 bridgehead atoms. The zero-order valence-electron chi connectivity index (χ0n) is 14.8. The monoisotopic (exact) mass is 370 g/mol. The third-order valence-electron chi connectivity index (χ3n) is 4.04. The molecule has 6 heteroatoms. The second kappa shape index (κ2) is 7.76. The molecule has 0 atom stereocenters. The molecule has 136 valence electrons. The third-order valence-corrected chi connectivity index (χ3v) is 5.56. The van der Waals surface area contributed by atoms with E-state index in [0.717, 1.165) is 11.1 Å². The summed E-state index contributed by atoms with van der Waals surface area (Å²) in [5, 5.41) is 1.61. The fourth-order valence-corrected chi connectivity index (χ4v) is 4.06. The summed E-state index contributed by atoms with van der Waals surface area (Å²) in [4.78, 5) is 2.25. The molecule has 0 radical (unpaired) electrons. The fourth-order valence-electron chi connectivity index (χ4n) is 2.83. The number of hydrogen-bond acceptors (Lipinski definition) is 4. The first kappa shape index (κ1) is 18.2. The second-order valence-electron chi connectivity index (χ2n) is 6.08. The Labute approximate surface area is 154 Å². The van der Waals surface area contributed by atoms with Gasteiger partial charge >= 0.3 is 0 Å². The van der Waals surface area contributed by atoms with Gasteiger partial charge in [0, 0.05) is 37.1 Å². The predicted molar refractivity (Wildman–Crippen MR) is 105 cm³/mol. The first-order chi connectivity index (χ1) is 12.5. The Morgan fingerprint density at radius 1 is 0.885 bits per heavy atom. The Balaban J connectivity index is 1.78. The van der Waals surface area contributed by atoms with Crippen molar-refractivity contribution >= 4 is 26.5 Å². The van der Waals surface area contributed by atoms with Gasteiger partial charge in [0.05, 0.1) is 4.90 Å². The standard InChI is InChI=1S/C20H22N2O3S/c1-22(2)19-12-6-11-18-17(19)10-7-13-20(18)26(23,24)21-14-15-25-16-8-4-3-5-9-16/h3-13,21H,14-15H2,1-2H3. The van der Waals surface area contributed by atoms with E-state index in [0.29, 0.717) is 11.1 Å². The van der Waals surface area contributed by atoms with Crippen molar-refractivity contribution in [3.8, 4) is 5.75 Å². The fraction of sp³-hybridized carbons (Fsp3) is 0.200. The number of nitrogens with zero attached hydrogens (tertiary/aromatic N) is 1. The third kappa shape index (κ3) is 3.98. The summed E-state index contributed by atoms with van der Waals surface area (Å²) >= 11 is 0. The van der Waals surface area contributed by atoms with Crippen molar-refractivity contribution in [2.75, 3.05) is 32.1 Å².